The number of hydrogen-bond acceptors (Lipinski definition) is 1. The predicted octanol–water partition coefficient (Wildman–Crippen LogP) is 6.94. The van der Waals surface area contributed by atoms with Crippen molar-refractivity contribution in [2.45, 2.75) is 6.04 Å². The quantitative estimate of drug-likeness (QED) is 0.329. The molecule has 0 spiro atoms. The summed E-state index contributed by atoms with van der Waals surface area (Å²) in [5.74, 6) is 6.59. The molecule has 0 N–H and O–H groups in total. The largest absolute Gasteiger partial charge is 0.322 e. The summed E-state index contributed by atoms with van der Waals surface area (Å²) in [5.41, 5.74) is 6.28. The van der Waals surface area contributed by atoms with E-state index >= 15 is 0 Å². The first-order valence-electron chi connectivity index (χ1n) is 10.3. The van der Waals surface area contributed by atoms with Crippen molar-refractivity contribution in [3.63, 3.8) is 0 Å². The molecule has 4 aromatic rings. The number of benzene rings is 4. The highest BCUT2D eigenvalue weighted by Crippen LogP contribution is 2.41. The highest BCUT2D eigenvalue weighted by Gasteiger charge is 2.29. The molecule has 1 aliphatic heterocycles. The Kier molecular flexibility index (Phi) is 5.09. The van der Waals surface area contributed by atoms with Crippen molar-refractivity contribution in [1.29, 1.82) is 0 Å². The minimum atomic E-state index is -0.252. The van der Waals surface area contributed by atoms with Gasteiger partial charge >= 0.3 is 0 Å². The molecule has 2 heteroatoms. The molecule has 4 aromatic carbocycles. The number of hydrogen-bond donors (Lipinski definition) is 0. The van der Waals surface area contributed by atoms with Gasteiger partial charge < -0.3 is 4.90 Å². The van der Waals surface area contributed by atoms with Gasteiger partial charge in [-0.05, 0) is 59.2 Å². The second kappa shape index (κ2) is 8.34. The monoisotopic (exact) mass is 401 g/mol. The van der Waals surface area contributed by atoms with Gasteiger partial charge in [0.1, 0.15) is 11.9 Å². The van der Waals surface area contributed by atoms with Gasteiger partial charge in [-0.15, -0.1) is 0 Å². The Balaban J connectivity index is 1.72. The van der Waals surface area contributed by atoms with Gasteiger partial charge in [0.25, 0.3) is 0 Å². The van der Waals surface area contributed by atoms with E-state index in [0.29, 0.717) is 0 Å². The summed E-state index contributed by atoms with van der Waals surface area (Å²) < 4.78 is 13.7. The Hall–Kier alpha value is -4.09. The fraction of sp³-hybridized carbons (Fsp3) is 0.0345. The average Bonchev–Trinajstić information content (AvgIpc) is 2.84. The fourth-order valence-electron chi connectivity index (χ4n) is 3.92. The van der Waals surface area contributed by atoms with Gasteiger partial charge in [0.15, 0.2) is 0 Å². The topological polar surface area (TPSA) is 3.24 Å². The van der Waals surface area contributed by atoms with E-state index < -0.39 is 0 Å². The number of nitrogens with zero attached hydrogens (tertiary/aromatic N) is 1. The number of halogens is 1. The zero-order valence-electron chi connectivity index (χ0n) is 16.9. The van der Waals surface area contributed by atoms with E-state index in [1.54, 1.807) is 0 Å². The van der Waals surface area contributed by atoms with Crippen LogP contribution in [0.5, 0.6) is 0 Å². The first-order chi connectivity index (χ1) is 15.3. The molecule has 0 saturated heterocycles. The van der Waals surface area contributed by atoms with E-state index in [2.05, 4.69) is 47.1 Å². The van der Waals surface area contributed by atoms with Crippen LogP contribution in [0.4, 0.5) is 10.1 Å². The molecule has 0 saturated carbocycles. The molecule has 1 unspecified atom stereocenters. The maximum atomic E-state index is 13.7. The van der Waals surface area contributed by atoms with Crippen LogP contribution in [0.25, 0.3) is 11.8 Å². The van der Waals surface area contributed by atoms with Crippen LogP contribution >= 0.6 is 0 Å². The first-order valence-corrected chi connectivity index (χ1v) is 10.3. The minimum Gasteiger partial charge on any atom is -0.322 e. The standard InChI is InChI=1S/C29H20FN/c30-25-16-18-26(19-17-25)31-28(20-15-22-9-3-1-4-10-22)27-14-8-7-13-24(27)21-29(31)23-11-5-2-6-12-23/h1-14,16-19,21,28H. The highest BCUT2D eigenvalue weighted by atomic mass is 19.1. The summed E-state index contributed by atoms with van der Waals surface area (Å²) in [6, 6.07) is 35.0. The number of anilines is 1. The minimum absolute atomic E-state index is 0.206. The predicted molar refractivity (Wildman–Crippen MR) is 126 cm³/mol. The Labute approximate surface area is 182 Å². The lowest BCUT2D eigenvalue weighted by Gasteiger charge is -2.37. The van der Waals surface area contributed by atoms with Gasteiger partial charge in [-0.3, -0.25) is 0 Å². The van der Waals surface area contributed by atoms with Crippen LogP contribution < -0.4 is 4.90 Å². The van der Waals surface area contributed by atoms with Crippen molar-refractivity contribution in [1.82, 2.24) is 0 Å². The fourth-order valence-corrected chi connectivity index (χ4v) is 3.92. The van der Waals surface area contributed by atoms with E-state index in [1.807, 2.05) is 72.8 Å². The number of fused-ring (bicyclic) bond motifs is 1. The van der Waals surface area contributed by atoms with Crippen LogP contribution in [0.2, 0.25) is 0 Å². The molecule has 0 fully saturated rings. The maximum Gasteiger partial charge on any atom is 0.123 e. The van der Waals surface area contributed by atoms with Crippen molar-refractivity contribution in [2.24, 2.45) is 0 Å². The molecule has 0 aliphatic carbocycles. The summed E-state index contributed by atoms with van der Waals surface area (Å²) >= 11 is 0. The smallest absolute Gasteiger partial charge is 0.123 e. The molecular formula is C29H20FN. The Morgan fingerprint density at radius 2 is 1.32 bits per heavy atom. The van der Waals surface area contributed by atoms with Crippen LogP contribution in [-0.2, 0) is 0 Å². The van der Waals surface area contributed by atoms with Crippen LogP contribution in [0, 0.1) is 17.7 Å². The van der Waals surface area contributed by atoms with E-state index in [1.165, 1.54) is 12.1 Å². The molecule has 0 radical (unpaired) electrons. The van der Waals surface area contributed by atoms with Crippen LogP contribution in [0.1, 0.15) is 28.3 Å². The lowest BCUT2D eigenvalue weighted by Crippen LogP contribution is -2.29. The molecule has 1 aliphatic rings. The summed E-state index contributed by atoms with van der Waals surface area (Å²) in [6.45, 7) is 0. The average molecular weight is 401 g/mol. The molecule has 148 valence electrons. The van der Waals surface area contributed by atoms with Crippen LogP contribution in [0.3, 0.4) is 0 Å². The molecule has 1 atom stereocenters. The van der Waals surface area contributed by atoms with Crippen molar-refractivity contribution in [2.75, 3.05) is 4.90 Å². The van der Waals surface area contributed by atoms with Gasteiger partial charge in [-0.2, -0.15) is 0 Å². The van der Waals surface area contributed by atoms with E-state index in [9.17, 15) is 4.39 Å². The van der Waals surface area contributed by atoms with Crippen molar-refractivity contribution < 1.29 is 4.39 Å². The zero-order chi connectivity index (χ0) is 21.0. The Bertz CT molecular complexity index is 1280. The lowest BCUT2D eigenvalue weighted by atomic mass is 9.91. The Morgan fingerprint density at radius 1 is 0.677 bits per heavy atom. The number of rotatable bonds is 2. The summed E-state index contributed by atoms with van der Waals surface area (Å²) in [4.78, 5) is 2.20. The summed E-state index contributed by atoms with van der Waals surface area (Å²) in [7, 11) is 0. The van der Waals surface area contributed by atoms with Gasteiger partial charge in [0, 0.05) is 11.3 Å². The lowest BCUT2D eigenvalue weighted by molar-refractivity contribution is 0.627. The van der Waals surface area contributed by atoms with E-state index in [-0.39, 0.29) is 11.9 Å². The van der Waals surface area contributed by atoms with Crippen LogP contribution in [0.15, 0.2) is 109 Å². The second-order valence-electron chi connectivity index (χ2n) is 7.41. The maximum absolute atomic E-state index is 13.7. The van der Waals surface area contributed by atoms with Crippen LogP contribution in [-0.4, -0.2) is 0 Å². The molecule has 1 nitrogen and oxygen atoms in total. The molecule has 31 heavy (non-hydrogen) atoms. The van der Waals surface area contributed by atoms with E-state index in [4.69, 9.17) is 0 Å². The molecule has 0 amide bonds. The molecule has 1 heterocycles. The third-order valence-electron chi connectivity index (χ3n) is 5.40. The highest BCUT2D eigenvalue weighted by molar-refractivity contribution is 5.94. The third-order valence-corrected chi connectivity index (χ3v) is 5.40. The van der Waals surface area contributed by atoms with Gasteiger partial charge in [0.2, 0.25) is 0 Å². The van der Waals surface area contributed by atoms with Crippen molar-refractivity contribution in [3.8, 4) is 11.8 Å². The normalized spacial score (nSPS) is 14.8. The molecule has 0 aromatic heterocycles. The molecule has 5 rings (SSSR count). The zero-order valence-corrected chi connectivity index (χ0v) is 16.9. The Morgan fingerprint density at radius 3 is 2.06 bits per heavy atom. The third kappa shape index (κ3) is 3.86. The van der Waals surface area contributed by atoms with Crippen molar-refractivity contribution in [3.05, 3.63) is 137 Å². The van der Waals surface area contributed by atoms with Gasteiger partial charge in [-0.25, -0.2) is 4.39 Å². The SMILES string of the molecule is Fc1ccc(N2C(c3ccccc3)=Cc3ccccc3C2C#Cc2ccccc2)cc1. The molecular weight excluding hydrogens is 381 g/mol. The summed E-state index contributed by atoms with van der Waals surface area (Å²) in [5, 5.41) is 0. The van der Waals surface area contributed by atoms with E-state index in [0.717, 1.165) is 33.6 Å². The molecule has 0 bridgehead atoms. The second-order valence-corrected chi connectivity index (χ2v) is 7.41. The van der Waals surface area contributed by atoms with Gasteiger partial charge in [0.05, 0.1) is 5.70 Å². The summed E-state index contributed by atoms with van der Waals surface area (Å²) in [6.07, 6.45) is 2.19. The van der Waals surface area contributed by atoms with Gasteiger partial charge in [-0.1, -0.05) is 84.6 Å². The van der Waals surface area contributed by atoms with Crippen molar-refractivity contribution >= 4 is 17.5 Å². The first kappa shape index (κ1) is 18.9.